The average Bonchev–Trinajstić information content (AvgIpc) is 2.39. The van der Waals surface area contributed by atoms with Crippen molar-refractivity contribution in [2.75, 3.05) is 26.5 Å². The molecule has 1 heterocycles. The first-order valence-corrected chi connectivity index (χ1v) is 6.45. The molecule has 1 aliphatic heterocycles. The monoisotopic (exact) mass is 249 g/mol. The van der Waals surface area contributed by atoms with Crippen molar-refractivity contribution in [3.63, 3.8) is 0 Å². The van der Waals surface area contributed by atoms with Crippen LogP contribution in [0.5, 0.6) is 0 Å². The molecule has 1 aliphatic rings. The van der Waals surface area contributed by atoms with Crippen molar-refractivity contribution in [3.8, 4) is 0 Å². The fourth-order valence-electron chi connectivity index (χ4n) is 1.58. The largest absolute Gasteiger partial charge is 0.491 e. The van der Waals surface area contributed by atoms with E-state index in [1.54, 1.807) is 30.8 Å². The van der Waals surface area contributed by atoms with Gasteiger partial charge >= 0.3 is 0 Å². The van der Waals surface area contributed by atoms with Crippen molar-refractivity contribution >= 4 is 23.4 Å². The molecule has 0 bridgehead atoms. The second-order valence-electron chi connectivity index (χ2n) is 3.92. The Kier molecular flexibility index (Phi) is 3.74. The van der Waals surface area contributed by atoms with Gasteiger partial charge in [0.2, 0.25) is 0 Å². The number of carbonyl (C=O) groups is 1. The van der Waals surface area contributed by atoms with Crippen molar-refractivity contribution in [1.29, 1.82) is 0 Å². The summed E-state index contributed by atoms with van der Waals surface area (Å²) in [5.41, 5.74) is 0.963. The Labute approximate surface area is 105 Å². The Bertz CT molecular complexity index is 440. The predicted octanol–water partition coefficient (Wildman–Crippen LogP) is 2.21. The fourth-order valence-corrected chi connectivity index (χ4v) is 2.57. The minimum absolute atomic E-state index is 0.00792. The fraction of sp³-hybridized carbons (Fsp3) is 0.308. The number of benzene rings is 1. The zero-order chi connectivity index (χ0) is 12.3. The first-order chi connectivity index (χ1) is 8.20. The van der Waals surface area contributed by atoms with Gasteiger partial charge in [0, 0.05) is 25.4 Å². The van der Waals surface area contributed by atoms with Gasteiger partial charge in [-0.15, -0.1) is 11.8 Å². The smallest absolute Gasteiger partial charge is 0.263 e. The second kappa shape index (κ2) is 5.27. The minimum Gasteiger partial charge on any atom is -0.491 e. The Balaban J connectivity index is 2.42. The maximum Gasteiger partial charge on any atom is 0.263 e. The highest BCUT2D eigenvalue weighted by Gasteiger charge is 2.23. The minimum atomic E-state index is 0.00792. The Morgan fingerprint density at radius 2 is 2.00 bits per heavy atom. The zero-order valence-corrected chi connectivity index (χ0v) is 10.8. The molecule has 0 spiro atoms. The van der Waals surface area contributed by atoms with E-state index in [0.29, 0.717) is 17.3 Å². The first-order valence-electron chi connectivity index (χ1n) is 5.47. The van der Waals surface area contributed by atoms with Gasteiger partial charge in [0.25, 0.3) is 5.91 Å². The molecule has 2 rings (SSSR count). The molecule has 0 atom stereocenters. The van der Waals surface area contributed by atoms with Crippen LogP contribution in [0.4, 0.5) is 0 Å². The van der Waals surface area contributed by atoms with Gasteiger partial charge in [-0.05, 0) is 0 Å². The van der Waals surface area contributed by atoms with Crippen LogP contribution < -0.4 is 0 Å². The molecule has 1 aromatic rings. The number of rotatable bonds is 2. The van der Waals surface area contributed by atoms with Gasteiger partial charge in [-0.2, -0.15) is 0 Å². The van der Waals surface area contributed by atoms with Crippen LogP contribution in [0.1, 0.15) is 5.56 Å². The van der Waals surface area contributed by atoms with Crippen molar-refractivity contribution in [2.45, 2.75) is 0 Å². The highest BCUT2D eigenvalue weighted by atomic mass is 32.2. The molecule has 0 aromatic heterocycles. The van der Waals surface area contributed by atoms with E-state index < -0.39 is 0 Å². The molecule has 0 saturated carbocycles. The summed E-state index contributed by atoms with van der Waals surface area (Å²) in [5.74, 6) is 1.54. The van der Waals surface area contributed by atoms with Crippen LogP contribution in [0.15, 0.2) is 35.2 Å². The van der Waals surface area contributed by atoms with Crippen molar-refractivity contribution in [1.82, 2.24) is 4.90 Å². The summed E-state index contributed by atoms with van der Waals surface area (Å²) in [7, 11) is 3.51. The Morgan fingerprint density at radius 3 is 2.65 bits per heavy atom. The van der Waals surface area contributed by atoms with Crippen LogP contribution >= 0.6 is 11.8 Å². The topological polar surface area (TPSA) is 29.5 Å². The highest BCUT2D eigenvalue weighted by molar-refractivity contribution is 8.04. The van der Waals surface area contributed by atoms with Crippen molar-refractivity contribution < 1.29 is 9.53 Å². The van der Waals surface area contributed by atoms with Crippen LogP contribution in [0, 0.1) is 0 Å². The Morgan fingerprint density at radius 1 is 1.29 bits per heavy atom. The summed E-state index contributed by atoms with van der Waals surface area (Å²) in [6.45, 7) is 0.652. The molecule has 0 unspecified atom stereocenters. The van der Waals surface area contributed by atoms with Gasteiger partial charge in [0.05, 0.1) is 6.61 Å². The second-order valence-corrected chi connectivity index (χ2v) is 5.03. The molecule has 4 heteroatoms. The first kappa shape index (κ1) is 12.0. The molecule has 90 valence electrons. The van der Waals surface area contributed by atoms with Crippen molar-refractivity contribution in [3.05, 3.63) is 40.8 Å². The van der Waals surface area contributed by atoms with E-state index in [2.05, 4.69) is 0 Å². The molecule has 1 amide bonds. The third-order valence-corrected chi connectivity index (χ3v) is 3.44. The summed E-state index contributed by atoms with van der Waals surface area (Å²) in [6, 6.07) is 9.77. The number of hydrogen-bond donors (Lipinski definition) is 0. The van der Waals surface area contributed by atoms with Gasteiger partial charge in [0.15, 0.2) is 0 Å². The lowest BCUT2D eigenvalue weighted by Gasteiger charge is -2.22. The summed E-state index contributed by atoms with van der Waals surface area (Å²) in [5, 5.41) is 0. The molecule has 0 saturated heterocycles. The number of thioether (sulfide) groups is 1. The summed E-state index contributed by atoms with van der Waals surface area (Å²) < 4.78 is 5.66. The van der Waals surface area contributed by atoms with E-state index in [4.69, 9.17) is 4.74 Å². The quantitative estimate of drug-likeness (QED) is 0.805. The van der Waals surface area contributed by atoms with Crippen LogP contribution in [0.25, 0.3) is 5.76 Å². The van der Waals surface area contributed by atoms with E-state index in [-0.39, 0.29) is 5.91 Å². The predicted molar refractivity (Wildman–Crippen MR) is 70.5 cm³/mol. The van der Waals surface area contributed by atoms with E-state index >= 15 is 0 Å². The molecule has 0 fully saturated rings. The normalized spacial score (nSPS) is 15.4. The number of nitrogens with zero attached hydrogens (tertiary/aromatic N) is 1. The van der Waals surface area contributed by atoms with Crippen molar-refractivity contribution in [2.24, 2.45) is 0 Å². The van der Waals surface area contributed by atoms with Gasteiger partial charge in [-0.1, -0.05) is 30.3 Å². The molecule has 3 nitrogen and oxygen atoms in total. The molecular weight excluding hydrogens is 234 g/mol. The number of carbonyl (C=O) groups excluding carboxylic acids is 1. The van der Waals surface area contributed by atoms with E-state index in [0.717, 1.165) is 11.3 Å². The van der Waals surface area contributed by atoms with Gasteiger partial charge in [-0.25, -0.2) is 0 Å². The lowest BCUT2D eigenvalue weighted by atomic mass is 10.1. The van der Waals surface area contributed by atoms with Crippen LogP contribution in [0.2, 0.25) is 0 Å². The van der Waals surface area contributed by atoms with Gasteiger partial charge in [0.1, 0.15) is 10.7 Å². The van der Waals surface area contributed by atoms with E-state index in [9.17, 15) is 4.79 Å². The SMILES string of the molecule is CN(C)C(=O)C1=C(c2ccccc2)OCCS1. The highest BCUT2D eigenvalue weighted by Crippen LogP contribution is 2.32. The standard InChI is InChI=1S/C13H15NO2S/c1-14(2)13(15)12-11(16-8-9-17-12)10-6-4-3-5-7-10/h3-7H,8-9H2,1-2H3. The maximum atomic E-state index is 12.0. The maximum absolute atomic E-state index is 12.0. The number of amides is 1. The third kappa shape index (κ3) is 2.64. The van der Waals surface area contributed by atoms with Gasteiger partial charge in [-0.3, -0.25) is 4.79 Å². The van der Waals surface area contributed by atoms with Crippen LogP contribution in [-0.2, 0) is 9.53 Å². The molecule has 0 radical (unpaired) electrons. The summed E-state index contributed by atoms with van der Waals surface area (Å²) in [6.07, 6.45) is 0. The molecule has 1 aromatic carbocycles. The molecule has 0 aliphatic carbocycles. The molecular formula is C13H15NO2S. The average molecular weight is 249 g/mol. The van der Waals surface area contributed by atoms with E-state index in [1.807, 2.05) is 30.3 Å². The summed E-state index contributed by atoms with van der Waals surface area (Å²) in [4.78, 5) is 14.3. The molecule has 17 heavy (non-hydrogen) atoms. The van der Waals surface area contributed by atoms with E-state index in [1.165, 1.54) is 0 Å². The lowest BCUT2D eigenvalue weighted by molar-refractivity contribution is -0.124. The number of hydrogen-bond acceptors (Lipinski definition) is 3. The lowest BCUT2D eigenvalue weighted by Crippen LogP contribution is -2.25. The number of likely N-dealkylation sites (N-methyl/N-ethyl adjacent to an activating group) is 1. The Hall–Kier alpha value is -1.42. The van der Waals surface area contributed by atoms with Crippen LogP contribution in [0.3, 0.4) is 0 Å². The zero-order valence-electron chi connectivity index (χ0n) is 9.97. The third-order valence-electron chi connectivity index (χ3n) is 2.42. The number of ether oxygens (including phenoxy) is 1. The molecule has 0 N–H and O–H groups in total. The van der Waals surface area contributed by atoms with Gasteiger partial charge < -0.3 is 9.64 Å². The summed E-state index contributed by atoms with van der Waals surface area (Å²) >= 11 is 1.57. The van der Waals surface area contributed by atoms with Crippen LogP contribution in [-0.4, -0.2) is 37.3 Å².